The maximum Gasteiger partial charge on any atom is 0.356 e. The van der Waals surface area contributed by atoms with E-state index in [0.29, 0.717) is 49.1 Å². The molecule has 1 fully saturated rings. The molecule has 9 heteroatoms. The number of methoxy groups -OCH3 is 1. The van der Waals surface area contributed by atoms with Crippen LogP contribution < -0.4 is 10.6 Å². The summed E-state index contributed by atoms with van der Waals surface area (Å²) in [6.45, 7) is 3.04. The van der Waals surface area contributed by atoms with Gasteiger partial charge in [-0.2, -0.15) is 0 Å². The van der Waals surface area contributed by atoms with Crippen LogP contribution in [0.3, 0.4) is 0 Å². The first-order chi connectivity index (χ1) is 17.0. The van der Waals surface area contributed by atoms with E-state index in [-0.39, 0.29) is 24.2 Å². The lowest BCUT2D eigenvalue weighted by Crippen LogP contribution is -2.28. The fraction of sp³-hybridized carbons (Fsp3) is 0.423. The van der Waals surface area contributed by atoms with Crippen LogP contribution in [-0.2, 0) is 27.2 Å². The normalized spacial score (nSPS) is 16.3. The Balaban J connectivity index is 1.78. The first kappa shape index (κ1) is 24.7. The molecule has 0 bridgehead atoms. The molecule has 3 heterocycles. The minimum Gasteiger partial charge on any atom is -0.464 e. The summed E-state index contributed by atoms with van der Waals surface area (Å²) in [5, 5.41) is 16.1. The van der Waals surface area contributed by atoms with Crippen molar-refractivity contribution in [2.75, 3.05) is 31.0 Å². The molecule has 2 atom stereocenters. The number of aliphatic hydroxyl groups is 1. The summed E-state index contributed by atoms with van der Waals surface area (Å²) in [5.41, 5.74) is 3.03. The summed E-state index contributed by atoms with van der Waals surface area (Å²) in [7, 11) is 1.32. The second-order valence-corrected chi connectivity index (χ2v) is 8.75. The minimum atomic E-state index is -0.554. The molecule has 4 rings (SSSR count). The van der Waals surface area contributed by atoms with Crippen molar-refractivity contribution in [3.63, 3.8) is 0 Å². The van der Waals surface area contributed by atoms with Gasteiger partial charge in [0.1, 0.15) is 11.8 Å². The van der Waals surface area contributed by atoms with Gasteiger partial charge in [0.05, 0.1) is 24.7 Å². The lowest BCUT2D eigenvalue weighted by molar-refractivity contribution is -0.124. The molecule has 0 radical (unpaired) electrons. The summed E-state index contributed by atoms with van der Waals surface area (Å²) in [6, 6.07) is 11.9. The number of amides is 1. The smallest absolute Gasteiger partial charge is 0.356 e. The zero-order chi connectivity index (χ0) is 24.8. The van der Waals surface area contributed by atoms with Crippen LogP contribution >= 0.6 is 0 Å². The highest BCUT2D eigenvalue weighted by molar-refractivity contribution is 6.12. The third-order valence-corrected chi connectivity index (χ3v) is 6.19. The second-order valence-electron chi connectivity index (χ2n) is 8.75. The molecule has 35 heavy (non-hydrogen) atoms. The van der Waals surface area contributed by atoms with Gasteiger partial charge in [0.15, 0.2) is 5.69 Å². The standard InChI is InChI=1S/C26H32N4O5/c1-17(11-13-31)28-19-15-20-22(29-25(32)21-9-6-14-35-21)23(26(33)34-2)30(24(20)27-16-19)12-10-18-7-4-3-5-8-18/h3-5,7-8,15-17,21,28,31H,6,9-14H2,1-2H3,(H,29,32)/t17-,21+/m1/s1. The topological polar surface area (TPSA) is 115 Å². The number of esters is 1. The number of rotatable bonds is 10. The molecule has 0 spiro atoms. The molecule has 2 aromatic heterocycles. The van der Waals surface area contributed by atoms with Crippen molar-refractivity contribution in [3.8, 4) is 0 Å². The van der Waals surface area contributed by atoms with E-state index in [2.05, 4.69) is 15.6 Å². The highest BCUT2D eigenvalue weighted by atomic mass is 16.5. The van der Waals surface area contributed by atoms with Gasteiger partial charge in [-0.25, -0.2) is 9.78 Å². The van der Waals surface area contributed by atoms with Crippen LogP contribution in [0.25, 0.3) is 11.0 Å². The number of nitrogens with one attached hydrogen (secondary N) is 2. The van der Waals surface area contributed by atoms with Crippen molar-refractivity contribution in [2.45, 2.75) is 51.3 Å². The van der Waals surface area contributed by atoms with E-state index < -0.39 is 12.1 Å². The Hall–Kier alpha value is -3.43. The fourth-order valence-corrected chi connectivity index (χ4v) is 4.38. The number of carbonyl (C=O) groups excluding carboxylic acids is 2. The minimum absolute atomic E-state index is 0.0180. The Kier molecular flexibility index (Phi) is 7.99. The Labute approximate surface area is 204 Å². The molecule has 0 saturated carbocycles. The molecule has 0 unspecified atom stereocenters. The van der Waals surface area contributed by atoms with Crippen LogP contribution in [0.5, 0.6) is 0 Å². The number of aromatic nitrogens is 2. The third-order valence-electron chi connectivity index (χ3n) is 6.19. The van der Waals surface area contributed by atoms with E-state index in [1.165, 1.54) is 7.11 Å². The summed E-state index contributed by atoms with van der Waals surface area (Å²) in [6.07, 6.45) is 3.84. The van der Waals surface area contributed by atoms with Crippen LogP contribution in [-0.4, -0.2) is 59.0 Å². The third kappa shape index (κ3) is 5.63. The SMILES string of the molecule is COC(=O)c1c(NC(=O)[C@@H]2CCCO2)c2cc(N[C@H](C)CCO)cnc2n1CCc1ccccc1. The van der Waals surface area contributed by atoms with Crippen molar-refractivity contribution in [1.29, 1.82) is 0 Å². The van der Waals surface area contributed by atoms with E-state index in [4.69, 9.17) is 9.47 Å². The molecule has 3 aromatic rings. The number of nitrogens with zero attached hydrogens (tertiary/aromatic N) is 2. The highest BCUT2D eigenvalue weighted by Gasteiger charge is 2.30. The van der Waals surface area contributed by atoms with Crippen molar-refractivity contribution in [1.82, 2.24) is 9.55 Å². The van der Waals surface area contributed by atoms with E-state index >= 15 is 0 Å². The monoisotopic (exact) mass is 480 g/mol. The first-order valence-corrected chi connectivity index (χ1v) is 12.0. The molecule has 1 aliphatic rings. The number of carbonyl (C=O) groups is 2. The number of fused-ring (bicyclic) bond motifs is 1. The second kappa shape index (κ2) is 11.3. The van der Waals surface area contributed by atoms with Crippen LogP contribution in [0.2, 0.25) is 0 Å². The van der Waals surface area contributed by atoms with Gasteiger partial charge in [-0.3, -0.25) is 4.79 Å². The van der Waals surface area contributed by atoms with E-state index in [1.54, 1.807) is 10.8 Å². The molecular weight excluding hydrogens is 448 g/mol. The molecule has 0 aliphatic carbocycles. The predicted molar refractivity (Wildman–Crippen MR) is 134 cm³/mol. The Morgan fingerprint density at radius 2 is 2.11 bits per heavy atom. The lowest BCUT2D eigenvalue weighted by Gasteiger charge is -2.14. The number of benzene rings is 1. The van der Waals surface area contributed by atoms with Gasteiger partial charge in [-0.05, 0) is 44.2 Å². The van der Waals surface area contributed by atoms with Crippen molar-refractivity contribution in [2.24, 2.45) is 0 Å². The average Bonchev–Trinajstić information content (AvgIpc) is 3.50. The zero-order valence-corrected chi connectivity index (χ0v) is 20.1. The lowest BCUT2D eigenvalue weighted by atomic mass is 10.1. The first-order valence-electron chi connectivity index (χ1n) is 12.0. The van der Waals surface area contributed by atoms with Gasteiger partial charge in [0.25, 0.3) is 5.91 Å². The number of aryl methyl sites for hydroxylation is 2. The highest BCUT2D eigenvalue weighted by Crippen LogP contribution is 2.33. The Bertz CT molecular complexity index is 1170. The summed E-state index contributed by atoms with van der Waals surface area (Å²) in [5.74, 6) is -0.844. The molecule has 1 aliphatic heterocycles. The quantitative estimate of drug-likeness (QED) is 0.381. The Morgan fingerprint density at radius 1 is 1.31 bits per heavy atom. The van der Waals surface area contributed by atoms with Crippen LogP contribution in [0.15, 0.2) is 42.6 Å². The molecule has 1 aromatic carbocycles. The largest absolute Gasteiger partial charge is 0.464 e. The van der Waals surface area contributed by atoms with Crippen molar-refractivity contribution in [3.05, 3.63) is 53.9 Å². The van der Waals surface area contributed by atoms with Gasteiger partial charge < -0.3 is 29.8 Å². The van der Waals surface area contributed by atoms with Crippen LogP contribution in [0.4, 0.5) is 11.4 Å². The number of hydrogen-bond acceptors (Lipinski definition) is 7. The number of anilines is 2. The van der Waals surface area contributed by atoms with Gasteiger partial charge in [-0.15, -0.1) is 0 Å². The molecule has 3 N–H and O–H groups in total. The van der Waals surface area contributed by atoms with Gasteiger partial charge in [-0.1, -0.05) is 30.3 Å². The molecular formula is C26H32N4O5. The van der Waals surface area contributed by atoms with Gasteiger partial charge in [0.2, 0.25) is 0 Å². The zero-order valence-electron chi connectivity index (χ0n) is 20.1. The number of hydrogen-bond donors (Lipinski definition) is 3. The predicted octanol–water partition coefficient (Wildman–Crippen LogP) is 3.37. The summed E-state index contributed by atoms with van der Waals surface area (Å²) >= 11 is 0. The molecule has 186 valence electrons. The average molecular weight is 481 g/mol. The molecule has 1 saturated heterocycles. The molecule has 1 amide bonds. The van der Waals surface area contributed by atoms with Crippen molar-refractivity contribution >= 4 is 34.3 Å². The van der Waals surface area contributed by atoms with Gasteiger partial charge >= 0.3 is 5.97 Å². The maximum atomic E-state index is 13.0. The van der Waals surface area contributed by atoms with Crippen molar-refractivity contribution < 1.29 is 24.2 Å². The van der Waals surface area contributed by atoms with E-state index in [1.807, 2.05) is 43.3 Å². The van der Waals surface area contributed by atoms with E-state index in [0.717, 1.165) is 17.7 Å². The number of ether oxygens (including phenoxy) is 2. The van der Waals surface area contributed by atoms with Crippen LogP contribution in [0, 0.1) is 0 Å². The fourth-order valence-electron chi connectivity index (χ4n) is 4.38. The number of aliphatic hydroxyl groups excluding tert-OH is 1. The maximum absolute atomic E-state index is 13.0. The summed E-state index contributed by atoms with van der Waals surface area (Å²) < 4.78 is 12.5. The summed E-state index contributed by atoms with van der Waals surface area (Å²) in [4.78, 5) is 30.6. The van der Waals surface area contributed by atoms with Gasteiger partial charge in [0, 0.05) is 31.2 Å². The molecule has 9 nitrogen and oxygen atoms in total. The van der Waals surface area contributed by atoms with Crippen LogP contribution in [0.1, 0.15) is 42.2 Å². The van der Waals surface area contributed by atoms with E-state index in [9.17, 15) is 14.7 Å². The number of pyridine rings is 1. The Morgan fingerprint density at radius 3 is 2.80 bits per heavy atom.